The maximum Gasteiger partial charge on any atom is 0.0788 e. The van der Waals surface area contributed by atoms with Gasteiger partial charge in [-0.1, -0.05) is 49.1 Å². The van der Waals surface area contributed by atoms with E-state index in [2.05, 4.69) is 17.4 Å². The van der Waals surface area contributed by atoms with E-state index in [9.17, 15) is 4.21 Å². The van der Waals surface area contributed by atoms with Gasteiger partial charge >= 0.3 is 0 Å². The van der Waals surface area contributed by atoms with E-state index in [1.54, 1.807) is 7.05 Å². The first-order chi connectivity index (χ1) is 9.64. The quantitative estimate of drug-likeness (QED) is 0.741. The number of rotatable bonds is 4. The summed E-state index contributed by atoms with van der Waals surface area (Å²) in [5.41, 5.74) is 1.22. The lowest BCUT2D eigenvalue weighted by molar-refractivity contribution is 0.418. The SMILES string of the molecule is CN=S(=O)(C/C(C)=C/C1CCCCC1)c1ccccc1. The third-order valence-electron chi connectivity index (χ3n) is 4.00. The molecule has 0 aliphatic heterocycles. The second-order valence-corrected chi connectivity index (χ2v) is 8.10. The number of nitrogens with zero attached hydrogens (tertiary/aromatic N) is 1. The Labute approximate surface area is 123 Å². The van der Waals surface area contributed by atoms with Crippen LogP contribution in [0.1, 0.15) is 39.0 Å². The number of benzene rings is 1. The summed E-state index contributed by atoms with van der Waals surface area (Å²) in [5, 5.41) is 0. The van der Waals surface area contributed by atoms with E-state index >= 15 is 0 Å². The number of allylic oxidation sites excluding steroid dienone is 1. The van der Waals surface area contributed by atoms with Gasteiger partial charge in [0.15, 0.2) is 0 Å². The highest BCUT2D eigenvalue weighted by molar-refractivity contribution is 7.93. The summed E-state index contributed by atoms with van der Waals surface area (Å²) in [6, 6.07) is 9.65. The zero-order valence-corrected chi connectivity index (χ0v) is 13.4. The van der Waals surface area contributed by atoms with Gasteiger partial charge in [-0.15, -0.1) is 0 Å². The molecule has 110 valence electrons. The summed E-state index contributed by atoms with van der Waals surface area (Å²) in [6.07, 6.45) is 8.95. The molecular formula is C17H25NOS. The molecule has 0 spiro atoms. The molecule has 0 radical (unpaired) electrons. The minimum Gasteiger partial charge on any atom is -0.244 e. The Morgan fingerprint density at radius 3 is 2.50 bits per heavy atom. The molecule has 3 heteroatoms. The highest BCUT2D eigenvalue weighted by atomic mass is 32.2. The second kappa shape index (κ2) is 7.07. The molecule has 20 heavy (non-hydrogen) atoms. The van der Waals surface area contributed by atoms with Gasteiger partial charge in [-0.3, -0.25) is 0 Å². The number of hydrogen-bond donors (Lipinski definition) is 0. The van der Waals surface area contributed by atoms with Crippen molar-refractivity contribution in [2.24, 2.45) is 10.3 Å². The average molecular weight is 291 g/mol. The molecular weight excluding hydrogens is 266 g/mol. The van der Waals surface area contributed by atoms with Crippen LogP contribution in [0.5, 0.6) is 0 Å². The first kappa shape index (κ1) is 15.3. The van der Waals surface area contributed by atoms with Crippen molar-refractivity contribution in [3.63, 3.8) is 0 Å². The van der Waals surface area contributed by atoms with Crippen molar-refractivity contribution < 1.29 is 4.21 Å². The molecule has 1 aromatic rings. The van der Waals surface area contributed by atoms with Crippen molar-refractivity contribution in [3.8, 4) is 0 Å². The standard InChI is InChI=1S/C17H25NOS/c1-15(13-16-9-5-3-6-10-16)14-20(19,18-2)17-11-7-4-8-12-17/h4,7-8,11-13,16H,3,5-6,9-10,14H2,1-2H3/b15-13+. The molecule has 1 unspecified atom stereocenters. The molecule has 0 saturated heterocycles. The lowest BCUT2D eigenvalue weighted by Gasteiger charge is -2.19. The van der Waals surface area contributed by atoms with Gasteiger partial charge in [0, 0.05) is 11.9 Å². The predicted molar refractivity (Wildman–Crippen MR) is 86.4 cm³/mol. The van der Waals surface area contributed by atoms with Crippen molar-refractivity contribution in [2.75, 3.05) is 12.8 Å². The summed E-state index contributed by atoms with van der Waals surface area (Å²) < 4.78 is 17.2. The van der Waals surface area contributed by atoms with E-state index in [4.69, 9.17) is 0 Å². The molecule has 1 atom stereocenters. The maximum atomic E-state index is 13.0. The fourth-order valence-electron chi connectivity index (χ4n) is 2.95. The van der Waals surface area contributed by atoms with Crippen LogP contribution in [0.3, 0.4) is 0 Å². The van der Waals surface area contributed by atoms with E-state index in [1.165, 1.54) is 37.7 Å². The molecule has 2 rings (SSSR count). The molecule has 1 aromatic carbocycles. The topological polar surface area (TPSA) is 29.4 Å². The zero-order valence-electron chi connectivity index (χ0n) is 12.5. The third kappa shape index (κ3) is 3.95. The highest BCUT2D eigenvalue weighted by Crippen LogP contribution is 2.26. The monoisotopic (exact) mass is 291 g/mol. The predicted octanol–water partition coefficient (Wildman–Crippen LogP) is 4.67. The van der Waals surface area contributed by atoms with Crippen LogP contribution in [-0.2, 0) is 9.73 Å². The van der Waals surface area contributed by atoms with Crippen LogP contribution < -0.4 is 0 Å². The minimum atomic E-state index is -2.30. The molecule has 0 amide bonds. The van der Waals surface area contributed by atoms with E-state index in [-0.39, 0.29) is 0 Å². The molecule has 1 saturated carbocycles. The first-order valence-corrected chi connectivity index (χ1v) is 9.18. The fourth-order valence-corrected chi connectivity index (χ4v) is 4.75. The van der Waals surface area contributed by atoms with Gasteiger partial charge in [0.05, 0.1) is 15.5 Å². The summed E-state index contributed by atoms with van der Waals surface area (Å²) in [6.45, 7) is 2.10. The molecule has 0 heterocycles. The van der Waals surface area contributed by atoms with Gasteiger partial charge in [-0.2, -0.15) is 0 Å². The Kier molecular flexibility index (Phi) is 5.41. The van der Waals surface area contributed by atoms with Crippen LogP contribution in [0.2, 0.25) is 0 Å². The van der Waals surface area contributed by atoms with Crippen molar-refractivity contribution in [1.82, 2.24) is 0 Å². The molecule has 1 aliphatic rings. The second-order valence-electron chi connectivity index (χ2n) is 5.69. The molecule has 2 nitrogen and oxygen atoms in total. The first-order valence-electron chi connectivity index (χ1n) is 7.49. The lowest BCUT2D eigenvalue weighted by atomic mass is 9.88. The highest BCUT2D eigenvalue weighted by Gasteiger charge is 2.15. The Morgan fingerprint density at radius 2 is 1.90 bits per heavy atom. The minimum absolute atomic E-state index is 0.560. The Bertz CT molecular complexity index is 562. The van der Waals surface area contributed by atoms with E-state index in [0.29, 0.717) is 11.7 Å². The zero-order chi connectivity index (χ0) is 14.4. The Balaban J connectivity index is 2.14. The Morgan fingerprint density at radius 1 is 1.25 bits per heavy atom. The van der Waals surface area contributed by atoms with Gasteiger partial charge in [-0.05, 0) is 37.8 Å². The van der Waals surface area contributed by atoms with Gasteiger partial charge < -0.3 is 0 Å². The maximum absolute atomic E-state index is 13.0. The van der Waals surface area contributed by atoms with Gasteiger partial charge in [-0.25, -0.2) is 8.57 Å². The van der Waals surface area contributed by atoms with Gasteiger partial charge in [0.2, 0.25) is 0 Å². The summed E-state index contributed by atoms with van der Waals surface area (Å²) in [4.78, 5) is 0.846. The van der Waals surface area contributed by atoms with Crippen LogP contribution in [0.4, 0.5) is 0 Å². The van der Waals surface area contributed by atoms with E-state index in [0.717, 1.165) is 4.90 Å². The van der Waals surface area contributed by atoms with Crippen molar-refractivity contribution >= 4 is 9.73 Å². The third-order valence-corrected chi connectivity index (χ3v) is 6.45. The molecule has 0 N–H and O–H groups in total. The normalized spacial score (nSPS) is 20.4. The van der Waals surface area contributed by atoms with E-state index < -0.39 is 9.73 Å². The summed E-state index contributed by atoms with van der Waals surface area (Å²) in [7, 11) is -0.629. The molecule has 0 aromatic heterocycles. The fraction of sp³-hybridized carbons (Fsp3) is 0.529. The molecule has 1 fully saturated rings. The molecule has 1 aliphatic carbocycles. The number of hydrogen-bond acceptors (Lipinski definition) is 2. The average Bonchev–Trinajstić information content (AvgIpc) is 2.49. The lowest BCUT2D eigenvalue weighted by Crippen LogP contribution is -2.10. The Hall–Kier alpha value is -1.09. The van der Waals surface area contributed by atoms with Crippen LogP contribution in [0.25, 0.3) is 0 Å². The van der Waals surface area contributed by atoms with Crippen LogP contribution in [0.15, 0.2) is 51.2 Å². The van der Waals surface area contributed by atoms with Gasteiger partial charge in [0.25, 0.3) is 0 Å². The van der Waals surface area contributed by atoms with Crippen molar-refractivity contribution in [2.45, 2.75) is 43.9 Å². The van der Waals surface area contributed by atoms with Crippen molar-refractivity contribution in [1.29, 1.82) is 0 Å². The van der Waals surface area contributed by atoms with Crippen LogP contribution >= 0.6 is 0 Å². The summed E-state index contributed by atoms with van der Waals surface area (Å²) in [5.74, 6) is 1.24. The smallest absolute Gasteiger partial charge is 0.0788 e. The van der Waals surface area contributed by atoms with Crippen LogP contribution in [-0.4, -0.2) is 17.0 Å². The molecule has 0 bridgehead atoms. The van der Waals surface area contributed by atoms with Crippen molar-refractivity contribution in [3.05, 3.63) is 42.0 Å². The summed E-state index contributed by atoms with van der Waals surface area (Å²) >= 11 is 0. The van der Waals surface area contributed by atoms with Gasteiger partial charge in [0.1, 0.15) is 0 Å². The van der Waals surface area contributed by atoms with Crippen LogP contribution in [0, 0.1) is 5.92 Å². The van der Waals surface area contributed by atoms with E-state index in [1.807, 2.05) is 30.3 Å². The largest absolute Gasteiger partial charge is 0.244 e.